The highest BCUT2D eigenvalue weighted by molar-refractivity contribution is 7.99. The molecule has 2 aliphatic rings. The molecule has 0 atom stereocenters. The third-order valence-corrected chi connectivity index (χ3v) is 17.2. The first kappa shape index (κ1) is 37.2. The molecule has 1 spiro atoms. The van der Waals surface area contributed by atoms with Gasteiger partial charge in [0.05, 0.1) is 21.5 Å². The Kier molecular flexibility index (Phi) is 8.24. The fraction of sp³-hybridized carbons (Fsp3) is 0.0164. The lowest BCUT2D eigenvalue weighted by molar-refractivity contribution is 0.722. The summed E-state index contributed by atoms with van der Waals surface area (Å²) < 4.78 is 5.12. The van der Waals surface area contributed by atoms with E-state index >= 15 is 0 Å². The first-order valence-electron chi connectivity index (χ1n) is 22.2. The number of thiophene rings is 2. The van der Waals surface area contributed by atoms with Crippen molar-refractivity contribution in [3.8, 4) is 33.4 Å². The van der Waals surface area contributed by atoms with E-state index in [4.69, 9.17) is 0 Å². The Hall–Kier alpha value is -7.21. The van der Waals surface area contributed by atoms with Crippen LogP contribution in [0.15, 0.2) is 234 Å². The maximum atomic E-state index is 2.61. The van der Waals surface area contributed by atoms with Gasteiger partial charge in [-0.3, -0.25) is 0 Å². The van der Waals surface area contributed by atoms with Gasteiger partial charge in [0.15, 0.2) is 0 Å². The van der Waals surface area contributed by atoms with Crippen LogP contribution in [-0.4, -0.2) is 0 Å². The Morgan fingerprint density at radius 3 is 1.75 bits per heavy atom. The summed E-state index contributed by atoms with van der Waals surface area (Å²) in [5.74, 6) is 0. The lowest BCUT2D eigenvalue weighted by Gasteiger charge is -2.40. The largest absolute Gasteiger partial charge is 0.308 e. The van der Waals surface area contributed by atoms with Crippen LogP contribution in [0, 0.1) is 0 Å². The van der Waals surface area contributed by atoms with Crippen LogP contribution in [0.4, 0.5) is 17.1 Å². The van der Waals surface area contributed by atoms with E-state index in [1.807, 2.05) is 34.4 Å². The molecular weight excluding hydrogens is 843 g/mol. The van der Waals surface area contributed by atoms with Gasteiger partial charge in [-0.05, 0) is 116 Å². The molecule has 0 radical (unpaired) electrons. The highest BCUT2D eigenvalue weighted by Gasteiger charge is 2.50. The lowest BCUT2D eigenvalue weighted by Crippen LogP contribution is -2.32. The molecule has 3 heterocycles. The second-order valence-corrected chi connectivity index (χ2v) is 20.3. The standard InChI is InChI=1S/C61H37NS3/c1-3-16-38(17-4-1)40-30-32-55-47(34-40)59-53(35-41(36-58(59)63-55)39-18-5-2-6-19-39)62(52-27-15-23-46-45-22-9-13-28-54(45)65-60(46)52)42-31-33-57-51(37-42)61(50-26-12-14-29-56(50)64-57)48-24-10-7-20-43(48)44-21-8-11-25-49(44)61/h1-37H. The number of hydrogen-bond donors (Lipinski definition) is 0. The zero-order chi connectivity index (χ0) is 42.6. The molecule has 1 aliphatic carbocycles. The number of fused-ring (bicyclic) bond motifs is 15. The van der Waals surface area contributed by atoms with Gasteiger partial charge in [-0.15, -0.1) is 22.7 Å². The molecular formula is C61H37NS3. The molecule has 14 rings (SSSR count). The van der Waals surface area contributed by atoms with Gasteiger partial charge in [-0.2, -0.15) is 0 Å². The zero-order valence-electron chi connectivity index (χ0n) is 35.0. The quantitative estimate of drug-likeness (QED) is 0.169. The van der Waals surface area contributed by atoms with Gasteiger partial charge in [0.25, 0.3) is 0 Å². The third kappa shape index (κ3) is 5.45. The van der Waals surface area contributed by atoms with Gasteiger partial charge in [0, 0.05) is 51.1 Å². The van der Waals surface area contributed by atoms with Crippen molar-refractivity contribution in [2.24, 2.45) is 0 Å². The normalized spacial score (nSPS) is 13.3. The van der Waals surface area contributed by atoms with Crippen LogP contribution >= 0.6 is 34.4 Å². The third-order valence-electron chi connectivity index (χ3n) is 13.7. The molecule has 0 bridgehead atoms. The second kappa shape index (κ2) is 14.4. The van der Waals surface area contributed by atoms with Gasteiger partial charge in [0.1, 0.15) is 0 Å². The first-order valence-corrected chi connectivity index (χ1v) is 24.6. The van der Waals surface area contributed by atoms with Gasteiger partial charge in [0.2, 0.25) is 0 Å². The molecule has 1 nitrogen and oxygen atoms in total. The van der Waals surface area contributed by atoms with Crippen molar-refractivity contribution in [2.45, 2.75) is 15.2 Å². The minimum Gasteiger partial charge on any atom is -0.308 e. The molecule has 0 fully saturated rings. The fourth-order valence-electron chi connectivity index (χ4n) is 11.0. The average molecular weight is 880 g/mol. The van der Waals surface area contributed by atoms with Crippen LogP contribution in [0.3, 0.4) is 0 Å². The summed E-state index contributed by atoms with van der Waals surface area (Å²) in [6.45, 7) is 0. The molecule has 0 N–H and O–H groups in total. The van der Waals surface area contributed by atoms with Crippen LogP contribution in [0.1, 0.15) is 22.3 Å². The zero-order valence-corrected chi connectivity index (χ0v) is 37.5. The number of hydrogen-bond acceptors (Lipinski definition) is 4. The van der Waals surface area contributed by atoms with Crippen LogP contribution < -0.4 is 4.90 Å². The van der Waals surface area contributed by atoms with Crippen LogP contribution in [0.2, 0.25) is 0 Å². The lowest BCUT2D eigenvalue weighted by atomic mass is 9.67. The second-order valence-electron chi connectivity index (χ2n) is 17.1. The summed E-state index contributed by atoms with van der Waals surface area (Å²) in [5.41, 5.74) is 15.8. The van der Waals surface area contributed by atoms with Crippen molar-refractivity contribution in [3.05, 3.63) is 247 Å². The summed E-state index contributed by atoms with van der Waals surface area (Å²) in [6.07, 6.45) is 0. The number of nitrogens with zero attached hydrogens (tertiary/aromatic N) is 1. The van der Waals surface area contributed by atoms with E-state index in [-0.39, 0.29) is 0 Å². The van der Waals surface area contributed by atoms with Crippen molar-refractivity contribution in [3.63, 3.8) is 0 Å². The summed E-state index contributed by atoms with van der Waals surface area (Å²) >= 11 is 5.69. The molecule has 304 valence electrons. The molecule has 0 amide bonds. The van der Waals surface area contributed by atoms with E-state index in [1.165, 1.54) is 117 Å². The van der Waals surface area contributed by atoms with Crippen molar-refractivity contribution in [1.29, 1.82) is 0 Å². The smallest absolute Gasteiger partial charge is 0.0736 e. The van der Waals surface area contributed by atoms with E-state index in [2.05, 4.69) is 229 Å². The van der Waals surface area contributed by atoms with Crippen molar-refractivity contribution >= 4 is 91.8 Å². The molecule has 10 aromatic carbocycles. The molecule has 2 aromatic heterocycles. The van der Waals surface area contributed by atoms with Gasteiger partial charge < -0.3 is 4.90 Å². The number of rotatable bonds is 5. The van der Waals surface area contributed by atoms with E-state index < -0.39 is 5.41 Å². The Balaban J connectivity index is 1.12. The Morgan fingerprint density at radius 1 is 0.338 bits per heavy atom. The first-order chi connectivity index (χ1) is 32.2. The summed E-state index contributed by atoms with van der Waals surface area (Å²) in [7, 11) is 0. The molecule has 1 aliphatic heterocycles. The minimum atomic E-state index is -0.503. The van der Waals surface area contributed by atoms with E-state index in [9.17, 15) is 0 Å². The van der Waals surface area contributed by atoms with Crippen LogP contribution in [0.25, 0.3) is 73.7 Å². The summed E-state index contributed by atoms with van der Waals surface area (Å²) in [4.78, 5) is 5.21. The maximum absolute atomic E-state index is 2.61. The summed E-state index contributed by atoms with van der Waals surface area (Å²) in [6, 6.07) is 84.1. The van der Waals surface area contributed by atoms with Crippen molar-refractivity contribution in [1.82, 2.24) is 0 Å². The SMILES string of the molecule is c1ccc(-c2cc(N(c3ccc4c(c3)C3(c5ccccc5S4)c4ccccc4-c4ccccc43)c3cccc4c3sc3ccccc34)c3c(c2)sc2ccc(-c4ccccc4)cc23)cc1. The van der Waals surface area contributed by atoms with Gasteiger partial charge >= 0.3 is 0 Å². The van der Waals surface area contributed by atoms with Crippen molar-refractivity contribution < 1.29 is 0 Å². The Bertz CT molecular complexity index is 3830. The highest BCUT2D eigenvalue weighted by Crippen LogP contribution is 2.63. The maximum Gasteiger partial charge on any atom is 0.0736 e. The Morgan fingerprint density at radius 2 is 0.969 bits per heavy atom. The summed E-state index contributed by atoms with van der Waals surface area (Å²) in [5, 5.41) is 5.11. The predicted octanol–water partition coefficient (Wildman–Crippen LogP) is 18.1. The van der Waals surface area contributed by atoms with E-state index in [0.29, 0.717) is 0 Å². The minimum absolute atomic E-state index is 0.503. The highest BCUT2D eigenvalue weighted by atomic mass is 32.2. The van der Waals surface area contributed by atoms with Crippen molar-refractivity contribution in [2.75, 3.05) is 4.90 Å². The topological polar surface area (TPSA) is 3.24 Å². The van der Waals surface area contributed by atoms with E-state index in [0.717, 1.165) is 5.69 Å². The molecule has 0 saturated carbocycles. The number of benzene rings is 10. The number of anilines is 3. The van der Waals surface area contributed by atoms with E-state index in [1.54, 1.807) is 0 Å². The van der Waals surface area contributed by atoms with Crippen LogP contribution in [0.5, 0.6) is 0 Å². The predicted molar refractivity (Wildman–Crippen MR) is 279 cm³/mol. The monoisotopic (exact) mass is 879 g/mol. The molecule has 0 unspecified atom stereocenters. The van der Waals surface area contributed by atoms with Crippen LogP contribution in [-0.2, 0) is 5.41 Å². The van der Waals surface area contributed by atoms with Gasteiger partial charge in [-0.1, -0.05) is 176 Å². The molecule has 4 heteroatoms. The molecule has 65 heavy (non-hydrogen) atoms. The Labute approximate surface area is 389 Å². The molecule has 12 aromatic rings. The average Bonchev–Trinajstić information content (AvgIpc) is 4.04. The fourth-order valence-corrected chi connectivity index (χ4v) is 14.5. The molecule has 0 saturated heterocycles. The van der Waals surface area contributed by atoms with Gasteiger partial charge in [-0.25, -0.2) is 0 Å².